The maximum atomic E-state index is 4.81. The average Bonchev–Trinajstić information content (AvgIpc) is 3.04. The molecule has 0 spiro atoms. The normalized spacial score (nSPS) is 18.0. The Hall–Kier alpha value is -1.19. The Morgan fingerprint density at radius 3 is 2.81 bits per heavy atom. The lowest BCUT2D eigenvalue weighted by Crippen LogP contribution is -2.12. The van der Waals surface area contributed by atoms with Gasteiger partial charge in [0.2, 0.25) is 0 Å². The summed E-state index contributed by atoms with van der Waals surface area (Å²) >= 11 is 1.79. The van der Waals surface area contributed by atoms with Crippen molar-refractivity contribution in [3.63, 3.8) is 0 Å². The minimum atomic E-state index is 0.146. The third-order valence-corrected chi connectivity index (χ3v) is 5.16. The molecular weight excluding hydrogens is 276 g/mol. The molecular formula is C18H24N2S. The van der Waals surface area contributed by atoms with E-state index in [-0.39, 0.29) is 5.41 Å². The molecule has 2 aromatic rings. The van der Waals surface area contributed by atoms with Gasteiger partial charge < -0.3 is 5.32 Å². The van der Waals surface area contributed by atoms with Crippen LogP contribution in [0.5, 0.6) is 0 Å². The quantitative estimate of drug-likeness (QED) is 0.917. The van der Waals surface area contributed by atoms with Crippen molar-refractivity contribution in [3.8, 4) is 0 Å². The molecule has 0 aliphatic heterocycles. The first kappa shape index (κ1) is 14.7. The second kappa shape index (κ2) is 5.54. The van der Waals surface area contributed by atoms with E-state index in [1.54, 1.807) is 11.3 Å². The average molecular weight is 300 g/mol. The second-order valence-electron chi connectivity index (χ2n) is 6.97. The highest BCUT2D eigenvalue weighted by Gasteiger charge is 2.21. The van der Waals surface area contributed by atoms with Crippen molar-refractivity contribution in [1.82, 2.24) is 10.3 Å². The standard InChI is InChI=1S/C18H24N2S/c1-18(2,3)16-11-21-17(20-16)10-12-5-7-14-13(9-12)6-8-15(14)19-4/h5,7,9,11,15,19H,6,8,10H2,1-4H3. The van der Waals surface area contributed by atoms with Crippen LogP contribution in [0.1, 0.15) is 60.6 Å². The predicted octanol–water partition coefficient (Wildman–Crippen LogP) is 4.24. The van der Waals surface area contributed by atoms with Gasteiger partial charge in [-0.2, -0.15) is 0 Å². The highest BCUT2D eigenvalue weighted by Crippen LogP contribution is 2.32. The Balaban J connectivity index is 1.79. The number of hydrogen-bond acceptors (Lipinski definition) is 3. The number of hydrogen-bond donors (Lipinski definition) is 1. The van der Waals surface area contributed by atoms with Gasteiger partial charge in [-0.15, -0.1) is 11.3 Å². The summed E-state index contributed by atoms with van der Waals surface area (Å²) in [6, 6.07) is 7.50. The van der Waals surface area contributed by atoms with Gasteiger partial charge in [-0.05, 0) is 36.6 Å². The van der Waals surface area contributed by atoms with Crippen LogP contribution in [0.2, 0.25) is 0 Å². The number of aromatic nitrogens is 1. The summed E-state index contributed by atoms with van der Waals surface area (Å²) in [7, 11) is 2.05. The van der Waals surface area contributed by atoms with Crippen LogP contribution in [0.4, 0.5) is 0 Å². The Kier molecular flexibility index (Phi) is 3.89. The third-order valence-electron chi connectivity index (χ3n) is 4.31. The van der Waals surface area contributed by atoms with E-state index in [2.05, 4.69) is 56.7 Å². The molecule has 1 aliphatic carbocycles. The molecule has 3 heteroatoms. The summed E-state index contributed by atoms with van der Waals surface area (Å²) in [5.74, 6) is 0. The molecule has 112 valence electrons. The van der Waals surface area contributed by atoms with Crippen LogP contribution in [-0.4, -0.2) is 12.0 Å². The van der Waals surface area contributed by atoms with Crippen molar-refractivity contribution in [2.75, 3.05) is 7.05 Å². The van der Waals surface area contributed by atoms with Crippen molar-refractivity contribution in [2.24, 2.45) is 0 Å². The number of rotatable bonds is 3. The summed E-state index contributed by atoms with van der Waals surface area (Å²) in [5, 5.41) is 6.83. The zero-order chi connectivity index (χ0) is 15.0. The van der Waals surface area contributed by atoms with E-state index in [0.29, 0.717) is 6.04 Å². The summed E-state index contributed by atoms with van der Waals surface area (Å²) in [6.45, 7) is 6.66. The third kappa shape index (κ3) is 3.04. The molecule has 21 heavy (non-hydrogen) atoms. The van der Waals surface area contributed by atoms with Crippen LogP contribution in [0, 0.1) is 0 Å². The molecule has 0 fully saturated rings. The monoisotopic (exact) mass is 300 g/mol. The summed E-state index contributed by atoms with van der Waals surface area (Å²) in [6.07, 6.45) is 3.37. The molecule has 2 nitrogen and oxygen atoms in total. The zero-order valence-electron chi connectivity index (χ0n) is 13.4. The van der Waals surface area contributed by atoms with Crippen LogP contribution in [0.15, 0.2) is 23.6 Å². The van der Waals surface area contributed by atoms with E-state index < -0.39 is 0 Å². The fourth-order valence-electron chi connectivity index (χ4n) is 2.99. The van der Waals surface area contributed by atoms with Gasteiger partial charge in [-0.25, -0.2) is 4.98 Å². The number of nitrogens with one attached hydrogen (secondary N) is 1. The number of fused-ring (bicyclic) bond motifs is 1. The first-order chi connectivity index (χ1) is 9.97. The van der Waals surface area contributed by atoms with Crippen LogP contribution < -0.4 is 5.32 Å². The molecule has 1 aromatic heterocycles. The topological polar surface area (TPSA) is 24.9 Å². The second-order valence-corrected chi connectivity index (χ2v) is 7.91. The number of nitrogens with zero attached hydrogens (tertiary/aromatic N) is 1. The summed E-state index contributed by atoms with van der Waals surface area (Å²) in [4.78, 5) is 4.81. The molecule has 0 amide bonds. The predicted molar refractivity (Wildman–Crippen MR) is 90.2 cm³/mol. The number of benzene rings is 1. The molecule has 0 saturated carbocycles. The van der Waals surface area contributed by atoms with Crippen LogP contribution >= 0.6 is 11.3 Å². The molecule has 0 radical (unpaired) electrons. The molecule has 1 unspecified atom stereocenters. The van der Waals surface area contributed by atoms with Crippen LogP contribution in [0.3, 0.4) is 0 Å². The highest BCUT2D eigenvalue weighted by atomic mass is 32.1. The summed E-state index contributed by atoms with van der Waals surface area (Å²) < 4.78 is 0. The largest absolute Gasteiger partial charge is 0.313 e. The van der Waals surface area contributed by atoms with E-state index >= 15 is 0 Å². The lowest BCUT2D eigenvalue weighted by atomic mass is 9.93. The SMILES string of the molecule is CNC1CCc2cc(Cc3nc(C(C)(C)C)cs3)ccc21. The van der Waals surface area contributed by atoms with Crippen LogP contribution in [0.25, 0.3) is 0 Å². The minimum absolute atomic E-state index is 0.146. The van der Waals surface area contributed by atoms with Crippen molar-refractivity contribution in [2.45, 2.75) is 51.5 Å². The van der Waals surface area contributed by atoms with Gasteiger partial charge >= 0.3 is 0 Å². The van der Waals surface area contributed by atoms with E-state index in [4.69, 9.17) is 4.98 Å². The van der Waals surface area contributed by atoms with Gasteiger partial charge in [-0.3, -0.25) is 0 Å². The van der Waals surface area contributed by atoms with Gasteiger partial charge in [0.15, 0.2) is 0 Å². The molecule has 1 N–H and O–H groups in total. The highest BCUT2D eigenvalue weighted by molar-refractivity contribution is 7.09. The lowest BCUT2D eigenvalue weighted by Gasteiger charge is -2.14. The number of aryl methyl sites for hydroxylation is 1. The molecule has 1 heterocycles. The fourth-order valence-corrected chi connectivity index (χ4v) is 4.05. The number of thiazole rings is 1. The Morgan fingerprint density at radius 1 is 1.33 bits per heavy atom. The van der Waals surface area contributed by atoms with Crippen molar-refractivity contribution in [3.05, 3.63) is 51.0 Å². The van der Waals surface area contributed by atoms with E-state index in [0.717, 1.165) is 6.42 Å². The molecule has 3 rings (SSSR count). The van der Waals surface area contributed by atoms with Gasteiger partial charge in [0, 0.05) is 23.3 Å². The van der Waals surface area contributed by atoms with Gasteiger partial charge in [-0.1, -0.05) is 39.0 Å². The molecule has 1 aliphatic rings. The molecule has 0 bridgehead atoms. The Labute approximate surface area is 131 Å². The van der Waals surface area contributed by atoms with E-state index in [1.165, 1.54) is 40.2 Å². The Morgan fingerprint density at radius 2 is 2.14 bits per heavy atom. The van der Waals surface area contributed by atoms with Crippen LogP contribution in [-0.2, 0) is 18.3 Å². The minimum Gasteiger partial charge on any atom is -0.313 e. The summed E-state index contributed by atoms with van der Waals surface area (Å²) in [5.41, 5.74) is 5.74. The molecule has 1 atom stereocenters. The van der Waals surface area contributed by atoms with Gasteiger partial charge in [0.25, 0.3) is 0 Å². The van der Waals surface area contributed by atoms with E-state index in [1.807, 2.05) is 0 Å². The zero-order valence-corrected chi connectivity index (χ0v) is 14.2. The smallest absolute Gasteiger partial charge is 0.0972 e. The van der Waals surface area contributed by atoms with Crippen molar-refractivity contribution in [1.29, 1.82) is 0 Å². The maximum Gasteiger partial charge on any atom is 0.0972 e. The van der Waals surface area contributed by atoms with Gasteiger partial charge in [0.1, 0.15) is 0 Å². The van der Waals surface area contributed by atoms with Gasteiger partial charge in [0.05, 0.1) is 10.7 Å². The maximum absolute atomic E-state index is 4.81. The lowest BCUT2D eigenvalue weighted by molar-refractivity contribution is 0.571. The fraction of sp³-hybridized carbons (Fsp3) is 0.500. The van der Waals surface area contributed by atoms with E-state index in [9.17, 15) is 0 Å². The molecule has 1 aromatic carbocycles. The van der Waals surface area contributed by atoms with Crippen molar-refractivity contribution < 1.29 is 0 Å². The molecule has 0 saturated heterocycles. The van der Waals surface area contributed by atoms with Crippen molar-refractivity contribution >= 4 is 11.3 Å². The first-order valence-electron chi connectivity index (χ1n) is 7.71. The first-order valence-corrected chi connectivity index (χ1v) is 8.59. The Bertz CT molecular complexity index is 637.